The first-order valence-electron chi connectivity index (χ1n) is 11.3. The Hall–Kier alpha value is -1.30. The second-order valence-corrected chi connectivity index (χ2v) is 10.9. The second kappa shape index (κ2) is 10.3. The van der Waals surface area contributed by atoms with Crippen LogP contribution in [-0.2, 0) is 17.4 Å². The summed E-state index contributed by atoms with van der Waals surface area (Å²) in [6.45, 7) is 5.27. The van der Waals surface area contributed by atoms with Gasteiger partial charge in [-0.05, 0) is 81.0 Å². The summed E-state index contributed by atoms with van der Waals surface area (Å²) in [5, 5.41) is 0. The van der Waals surface area contributed by atoms with Crippen LogP contribution >= 0.6 is 0 Å². The summed E-state index contributed by atoms with van der Waals surface area (Å²) in [7, 11) is 1.08. The lowest BCUT2D eigenvalue weighted by atomic mass is 9.60. The lowest BCUT2D eigenvalue weighted by Crippen LogP contribution is -2.44. The van der Waals surface area contributed by atoms with Crippen LogP contribution in [0.1, 0.15) is 57.9 Å². The van der Waals surface area contributed by atoms with E-state index in [1.807, 2.05) is 17.4 Å². The Kier molecular flexibility index (Phi) is 8.05. The van der Waals surface area contributed by atoms with E-state index in [4.69, 9.17) is 5.73 Å². The van der Waals surface area contributed by atoms with Gasteiger partial charge in [0, 0.05) is 18.3 Å². The third kappa shape index (κ3) is 5.68. The molecule has 166 valence electrons. The third-order valence-electron chi connectivity index (χ3n) is 6.81. The Labute approximate surface area is 184 Å². The largest absolute Gasteiger partial charge is 0.327 e. The van der Waals surface area contributed by atoms with Crippen molar-refractivity contribution in [1.82, 2.24) is 4.31 Å². The lowest BCUT2D eigenvalue weighted by molar-refractivity contribution is 0.226. The molecule has 2 aliphatic rings. The fraction of sp³-hybridized carbons (Fsp3) is 0.600. The molecule has 0 spiro atoms. The van der Waals surface area contributed by atoms with E-state index < -0.39 is 11.0 Å². The average Bonchev–Trinajstić information content (AvgIpc) is 2.71. The van der Waals surface area contributed by atoms with Gasteiger partial charge >= 0.3 is 0 Å². The number of hydrogen-bond acceptors (Lipinski definition) is 2. The van der Waals surface area contributed by atoms with Crippen LogP contribution in [0.4, 0.5) is 4.39 Å². The molecule has 4 unspecified atom stereocenters. The molecule has 0 heterocycles. The number of fused-ring (bicyclic) bond motifs is 1. The van der Waals surface area contributed by atoms with E-state index in [1.54, 1.807) is 12.1 Å². The molecule has 30 heavy (non-hydrogen) atoms. The number of benzene rings is 1. The van der Waals surface area contributed by atoms with E-state index in [0.717, 1.165) is 62.8 Å². The number of allylic oxidation sites excluding steroid dienone is 3. The maximum atomic E-state index is 13.7. The zero-order chi connectivity index (χ0) is 21.7. The molecule has 0 saturated heterocycles. The highest BCUT2D eigenvalue weighted by atomic mass is 32.2. The smallest absolute Gasteiger partial charge is 0.123 e. The van der Waals surface area contributed by atoms with Crippen LogP contribution in [0.25, 0.3) is 0 Å². The van der Waals surface area contributed by atoms with Crippen LogP contribution in [0, 0.1) is 17.2 Å². The van der Waals surface area contributed by atoms with Gasteiger partial charge in [0.05, 0.1) is 11.0 Å². The minimum absolute atomic E-state index is 0.120. The molecule has 0 amide bonds. The van der Waals surface area contributed by atoms with Crippen LogP contribution in [0.2, 0.25) is 0 Å². The number of rotatable bonds is 9. The molecule has 0 bridgehead atoms. The molecule has 1 fully saturated rings. The SMILES string of the molecule is CCCS(=O)N(C)CCCC1=CCC2(C)CCC(N)C(Cc3cccc(F)c3)C2=C1. The summed E-state index contributed by atoms with van der Waals surface area (Å²) >= 11 is 0. The summed E-state index contributed by atoms with van der Waals surface area (Å²) < 4.78 is 27.8. The van der Waals surface area contributed by atoms with Crippen molar-refractivity contribution in [3.05, 3.63) is 58.9 Å². The average molecular weight is 433 g/mol. The van der Waals surface area contributed by atoms with E-state index in [-0.39, 0.29) is 23.2 Å². The molecule has 0 radical (unpaired) electrons. The Balaban J connectivity index is 1.69. The summed E-state index contributed by atoms with van der Waals surface area (Å²) in [5.41, 5.74) is 10.6. The first kappa shape index (κ1) is 23.4. The summed E-state index contributed by atoms with van der Waals surface area (Å²) in [5.74, 6) is 0.817. The van der Waals surface area contributed by atoms with Crippen LogP contribution in [-0.4, -0.2) is 33.9 Å². The van der Waals surface area contributed by atoms with Gasteiger partial charge in [0.25, 0.3) is 0 Å². The topological polar surface area (TPSA) is 46.3 Å². The quantitative estimate of drug-likeness (QED) is 0.586. The predicted molar refractivity (Wildman–Crippen MR) is 125 cm³/mol. The summed E-state index contributed by atoms with van der Waals surface area (Å²) in [4.78, 5) is 0. The highest BCUT2D eigenvalue weighted by Crippen LogP contribution is 2.50. The van der Waals surface area contributed by atoms with E-state index in [0.29, 0.717) is 0 Å². The number of halogens is 1. The minimum Gasteiger partial charge on any atom is -0.327 e. The van der Waals surface area contributed by atoms with E-state index in [2.05, 4.69) is 26.0 Å². The molecule has 0 aliphatic heterocycles. The molecule has 4 atom stereocenters. The molecule has 2 aliphatic carbocycles. The fourth-order valence-corrected chi connectivity index (χ4v) is 5.91. The Morgan fingerprint density at radius 1 is 1.37 bits per heavy atom. The van der Waals surface area contributed by atoms with Gasteiger partial charge in [0.15, 0.2) is 0 Å². The molecule has 2 N–H and O–H groups in total. The van der Waals surface area contributed by atoms with E-state index in [1.165, 1.54) is 17.2 Å². The van der Waals surface area contributed by atoms with Gasteiger partial charge in [-0.15, -0.1) is 0 Å². The number of hydrogen-bond donors (Lipinski definition) is 1. The second-order valence-electron chi connectivity index (χ2n) is 9.27. The fourth-order valence-electron chi connectivity index (χ4n) is 4.92. The van der Waals surface area contributed by atoms with Crippen molar-refractivity contribution in [2.45, 2.75) is 64.8 Å². The van der Waals surface area contributed by atoms with E-state index >= 15 is 0 Å². The highest BCUT2D eigenvalue weighted by molar-refractivity contribution is 7.82. The molecular formula is C25H37FN2OS. The Morgan fingerprint density at radius 3 is 2.90 bits per heavy atom. The molecule has 1 saturated carbocycles. The van der Waals surface area contributed by atoms with Crippen molar-refractivity contribution in [1.29, 1.82) is 0 Å². The maximum absolute atomic E-state index is 13.7. The first-order chi connectivity index (χ1) is 14.3. The minimum atomic E-state index is -0.868. The van der Waals surface area contributed by atoms with Gasteiger partial charge in [-0.2, -0.15) is 0 Å². The Morgan fingerprint density at radius 2 is 2.17 bits per heavy atom. The van der Waals surface area contributed by atoms with Gasteiger partial charge in [-0.1, -0.05) is 49.3 Å². The highest BCUT2D eigenvalue weighted by Gasteiger charge is 2.41. The van der Waals surface area contributed by atoms with Crippen molar-refractivity contribution in [2.24, 2.45) is 17.1 Å². The molecule has 0 aromatic heterocycles. The van der Waals surface area contributed by atoms with Gasteiger partial charge in [0.2, 0.25) is 0 Å². The van der Waals surface area contributed by atoms with Crippen LogP contribution in [0.3, 0.4) is 0 Å². The monoisotopic (exact) mass is 432 g/mol. The number of nitrogens with two attached hydrogens (primary N) is 1. The van der Waals surface area contributed by atoms with Gasteiger partial charge in [-0.3, -0.25) is 0 Å². The van der Waals surface area contributed by atoms with Crippen molar-refractivity contribution in [3.63, 3.8) is 0 Å². The summed E-state index contributed by atoms with van der Waals surface area (Å²) in [6.07, 6.45) is 11.7. The van der Waals surface area contributed by atoms with Crippen molar-refractivity contribution < 1.29 is 8.60 Å². The standard InChI is InChI=1S/C25H37FN2OS/c1-4-15-30(29)28(3)14-6-8-19-10-12-25(2)13-11-24(27)22(23(25)18-19)17-20-7-5-9-21(26)16-20/h5,7,9-10,16,18,22,24H,4,6,8,11-15,17,27H2,1-3H3. The molecule has 3 nitrogen and oxygen atoms in total. The summed E-state index contributed by atoms with van der Waals surface area (Å²) in [6, 6.07) is 7.06. The van der Waals surface area contributed by atoms with Crippen molar-refractivity contribution in [2.75, 3.05) is 19.3 Å². The zero-order valence-electron chi connectivity index (χ0n) is 18.7. The van der Waals surface area contributed by atoms with Crippen LogP contribution in [0.5, 0.6) is 0 Å². The van der Waals surface area contributed by atoms with E-state index in [9.17, 15) is 8.60 Å². The molecule has 5 heteroatoms. The van der Waals surface area contributed by atoms with Gasteiger partial charge < -0.3 is 5.73 Å². The third-order valence-corrected chi connectivity index (χ3v) is 8.44. The Bertz CT molecular complexity index is 821. The van der Waals surface area contributed by atoms with Gasteiger partial charge in [0.1, 0.15) is 5.82 Å². The number of nitrogens with zero attached hydrogens (tertiary/aromatic N) is 1. The van der Waals surface area contributed by atoms with Crippen LogP contribution < -0.4 is 5.73 Å². The molecular weight excluding hydrogens is 395 g/mol. The van der Waals surface area contributed by atoms with Crippen molar-refractivity contribution in [3.8, 4) is 0 Å². The maximum Gasteiger partial charge on any atom is 0.123 e. The van der Waals surface area contributed by atoms with Gasteiger partial charge in [-0.25, -0.2) is 12.9 Å². The molecule has 1 aromatic rings. The van der Waals surface area contributed by atoms with Crippen molar-refractivity contribution >= 4 is 11.0 Å². The predicted octanol–water partition coefficient (Wildman–Crippen LogP) is 5.15. The molecule has 3 rings (SSSR count). The first-order valence-corrected chi connectivity index (χ1v) is 12.6. The lowest BCUT2D eigenvalue weighted by Gasteiger charge is -2.46. The van der Waals surface area contributed by atoms with Crippen LogP contribution in [0.15, 0.2) is 47.6 Å². The molecule has 1 aromatic carbocycles. The normalized spacial score (nSPS) is 27.4. The zero-order valence-corrected chi connectivity index (χ0v) is 19.5.